The Morgan fingerprint density at radius 3 is 1.22 bits per heavy atom. The average molecular weight is 1920 g/mol. The van der Waals surface area contributed by atoms with Gasteiger partial charge in [0.25, 0.3) is 29.5 Å². The first-order valence-corrected chi connectivity index (χ1v) is 45.2. The van der Waals surface area contributed by atoms with Crippen molar-refractivity contribution >= 4 is 118 Å². The van der Waals surface area contributed by atoms with Gasteiger partial charge < -0.3 is 113 Å². The number of aliphatic hydroxyl groups excluding tert-OH is 3. The Morgan fingerprint density at radius 1 is 0.489 bits per heavy atom. The van der Waals surface area contributed by atoms with Gasteiger partial charge in [-0.15, -0.1) is 0 Å². The van der Waals surface area contributed by atoms with Crippen molar-refractivity contribution in [1.29, 1.82) is 0 Å². The SMILES string of the molecule is CCN(CCN)CCO.CCN(CCO)CCNC(=O)c1c(C)[nH]c(/C=C2\C(=O)Nc3ccc(F)cc32)c1C.CCN(CCO)CCNC(=O)c1c(C)[nH]c(C=O)c1C.Cc1[nH]c(C=O)c(C)c1C(=O)O.O=C1CCC(=O)O1.O=C1Cc2cc(F)ccc2N1.[2H]NC.[2H]NCOCCCCCCOC(=O)CCC(=O)OCCN(CC)CCNC(=O)c1c(C)[nH]c(/C=C2\C(=O)Nc3ccc(F)cc32)c1C. The van der Waals surface area contributed by atoms with Gasteiger partial charge >= 0.3 is 29.8 Å². The lowest BCUT2D eigenvalue weighted by atomic mass is 10.0. The van der Waals surface area contributed by atoms with E-state index in [0.29, 0.717) is 210 Å². The number of nitrogens with two attached hydrogens (primary N) is 3. The number of likely N-dealkylation sites (N-methyl/N-ethyl adjacent to an activating group) is 4. The second kappa shape index (κ2) is 62.1. The van der Waals surface area contributed by atoms with E-state index in [1.165, 1.54) is 48.5 Å². The number of anilines is 3. The Hall–Kier alpha value is -12.7. The van der Waals surface area contributed by atoms with Gasteiger partial charge in [-0.2, -0.15) is 0 Å². The van der Waals surface area contributed by atoms with Crippen molar-refractivity contribution in [2.75, 3.05) is 174 Å². The average Bonchev–Trinajstić information content (AvgIpc) is 1.55. The van der Waals surface area contributed by atoms with Crippen LogP contribution in [0.25, 0.3) is 23.3 Å². The summed E-state index contributed by atoms with van der Waals surface area (Å²) in [6.45, 7) is 34.1. The lowest BCUT2D eigenvalue weighted by molar-refractivity contribution is -0.152. The smallest absolute Gasteiger partial charge is 0.337 e. The molecule has 8 heterocycles. The van der Waals surface area contributed by atoms with Crippen LogP contribution in [0.3, 0.4) is 0 Å². The number of carboxylic acid groups (broad SMARTS) is 1. The van der Waals surface area contributed by atoms with Crippen molar-refractivity contribution in [2.24, 2.45) is 17.2 Å². The third-order valence-electron chi connectivity index (χ3n) is 22.0. The number of esters is 4. The Balaban J connectivity index is 0.000000373. The zero-order valence-corrected chi connectivity index (χ0v) is 80.4. The summed E-state index contributed by atoms with van der Waals surface area (Å²) < 4.78 is 72.4. The molecular formula is C96H136F3N17O21. The quantitative estimate of drug-likeness (QED) is 0.00332. The fraction of sp³-hybridized carbons (Fsp3) is 0.469. The van der Waals surface area contributed by atoms with Crippen LogP contribution in [0.5, 0.6) is 0 Å². The zero-order valence-electron chi connectivity index (χ0n) is 82.4. The van der Waals surface area contributed by atoms with E-state index in [-0.39, 0.29) is 106 Å². The van der Waals surface area contributed by atoms with Gasteiger partial charge in [-0.05, 0) is 202 Å². The lowest BCUT2D eigenvalue weighted by Gasteiger charge is -2.20. The Labute approximate surface area is 798 Å². The summed E-state index contributed by atoms with van der Waals surface area (Å²) in [6.07, 6.45) is 8.82. The maximum atomic E-state index is 13.8. The van der Waals surface area contributed by atoms with Crippen LogP contribution in [0.4, 0.5) is 30.2 Å². The fourth-order valence-electron chi connectivity index (χ4n) is 14.6. The third kappa shape index (κ3) is 38.1. The van der Waals surface area contributed by atoms with Crippen LogP contribution >= 0.6 is 0 Å². The van der Waals surface area contributed by atoms with Crippen molar-refractivity contribution in [3.8, 4) is 0 Å². The number of ether oxygens (including phenoxy) is 4. The number of aromatic nitrogens is 4. The number of H-pyrrole nitrogens is 4. The number of aldehydes is 2. The molecule has 6 amide bonds. The number of halogens is 3. The van der Waals surface area contributed by atoms with Crippen LogP contribution in [0.2, 0.25) is 2.82 Å². The zero-order chi connectivity index (χ0) is 103. The molecule has 0 aliphatic carbocycles. The van der Waals surface area contributed by atoms with Gasteiger partial charge in [-0.1, -0.05) is 34.1 Å². The first kappa shape index (κ1) is 113. The first-order chi connectivity index (χ1) is 66.4. The topological polar surface area (TPSA) is 566 Å². The summed E-state index contributed by atoms with van der Waals surface area (Å²) in [5.41, 5.74) is 22.6. The second-order valence-corrected chi connectivity index (χ2v) is 31.3. The summed E-state index contributed by atoms with van der Waals surface area (Å²) in [4.78, 5) is 170. The summed E-state index contributed by atoms with van der Waals surface area (Å²) in [6, 6.07) is 12.6. The molecule has 4 aliphatic heterocycles. The number of unbranched alkanes of at least 4 members (excludes halogenated alkanes) is 3. The van der Waals surface area contributed by atoms with Crippen LogP contribution in [-0.2, 0) is 58.9 Å². The molecule has 11 rings (SSSR count). The van der Waals surface area contributed by atoms with Crippen LogP contribution in [-0.4, -0.2) is 296 Å². The number of aliphatic hydroxyl groups is 3. The highest BCUT2D eigenvalue weighted by Crippen LogP contribution is 2.37. The molecule has 0 spiro atoms. The minimum absolute atomic E-state index is 0.0355. The molecule has 137 heavy (non-hydrogen) atoms. The van der Waals surface area contributed by atoms with Crippen LogP contribution in [0.15, 0.2) is 54.6 Å². The van der Waals surface area contributed by atoms with E-state index in [1.807, 2.05) is 48.1 Å². The third-order valence-corrected chi connectivity index (χ3v) is 22.0. The molecule has 0 unspecified atom stereocenters. The molecule has 0 saturated carbocycles. The Morgan fingerprint density at radius 2 is 0.854 bits per heavy atom. The molecule has 38 nitrogen and oxygen atoms in total. The summed E-state index contributed by atoms with van der Waals surface area (Å²) in [5, 5.41) is 51.9. The number of hydrogen-bond donors (Lipinski definition) is 17. The number of amides is 6. The van der Waals surface area contributed by atoms with E-state index in [9.17, 15) is 75.5 Å². The standard InChI is InChI=1S/C33H46FN5O7.C22H27FN4O3.C14H23N3O3.C8H6FNO.C8H9NO3.C6H16N2O.C4H4O3.CH5N/c1-4-39(15-18-46-30(41)12-11-29(40)45-17-8-6-5-7-16-44-21-35)14-13-36-33(43)31-22(2)28(37-23(31)3)20-26-25-19-24(34)9-10-27(25)38-32(26)42;1-4-27(9-10-28)8-7-24-22(30)20-13(2)19(25-14(20)3)12-17-16-11-15(23)5-6-18(16)26-21(17)29;1-4-17(7-8-18)6-5-15-14(20)13-10(2)12(9-19)16-11(13)3;9-6-1-2-7-5(3-6)4-8(11)10-7;1-4-6(3-10)9-5(2)7(4)8(11)12;1-2-8(4-3-7)5-6-9;5-3-1-2-4(6)7-3;1-2/h9-10,19-20,37H,4-8,11-18,21,35H2,1-3H3,(H,36,43)(H,38,42);5-6,11-12,25,28H,4,7-10H2,1-3H3,(H,24,30)(H,26,29);9,16,18H,4-8H2,1-3H3,(H,15,20);1-3H,4H2,(H,10,11);3,9H,1-2H3,(H,11,12);9H,2-7H2,1H3;1-2H2;2H2,1H3/b26-20-;17-12-;;;;;;/i/hD2. The van der Waals surface area contributed by atoms with Crippen LogP contribution in [0, 0.1) is 72.8 Å². The van der Waals surface area contributed by atoms with Crippen LogP contribution in [0.1, 0.15) is 215 Å². The van der Waals surface area contributed by atoms with Gasteiger partial charge in [0.15, 0.2) is 12.6 Å². The number of carboxylic acids is 1. The van der Waals surface area contributed by atoms with Gasteiger partial charge in [-0.25, -0.2) is 18.0 Å². The molecule has 1 saturated heterocycles. The number of cyclic esters (lactones) is 2. The number of nitrogens with one attached hydrogen (secondary N) is 10. The maximum absolute atomic E-state index is 13.8. The van der Waals surface area contributed by atoms with Crippen molar-refractivity contribution in [3.63, 3.8) is 0 Å². The number of aryl methyl sites for hydroxylation is 4. The molecule has 3 aromatic carbocycles. The number of benzene rings is 3. The van der Waals surface area contributed by atoms with E-state index in [1.54, 1.807) is 73.7 Å². The molecule has 4 aliphatic rings. The predicted octanol–water partition coefficient (Wildman–Crippen LogP) is 7.62. The molecule has 4 aromatic heterocycles. The monoisotopic (exact) mass is 1920 g/mol. The number of aromatic carboxylic acids is 1. The minimum atomic E-state index is -1.01. The van der Waals surface area contributed by atoms with E-state index in [2.05, 4.69) is 74.1 Å². The van der Waals surface area contributed by atoms with Gasteiger partial charge in [0.1, 0.15) is 26.9 Å². The number of carbonyl (C=O) groups excluding carboxylic acids is 12. The lowest BCUT2D eigenvalue weighted by Crippen LogP contribution is -2.37. The molecule has 41 heteroatoms. The largest absolute Gasteiger partial charge is 0.478 e. The van der Waals surface area contributed by atoms with Gasteiger partial charge in [0.2, 0.25) is 5.91 Å². The normalized spacial score (nSPS) is 13.1. The first-order valence-electron chi connectivity index (χ1n) is 46.2. The molecule has 0 bridgehead atoms. The Kier molecular flexibility index (Phi) is 51.3. The highest BCUT2D eigenvalue weighted by atomic mass is 19.1. The number of fused-ring (bicyclic) bond motifs is 3. The maximum Gasteiger partial charge on any atom is 0.337 e. The fourth-order valence-corrected chi connectivity index (χ4v) is 14.6. The molecule has 752 valence electrons. The molecule has 7 aromatic rings. The predicted molar refractivity (Wildman–Crippen MR) is 514 cm³/mol. The van der Waals surface area contributed by atoms with Gasteiger partial charge in [-0.3, -0.25) is 72.2 Å². The van der Waals surface area contributed by atoms with Crippen molar-refractivity contribution in [2.45, 2.75) is 141 Å². The van der Waals surface area contributed by atoms with E-state index >= 15 is 0 Å². The van der Waals surface area contributed by atoms with E-state index in [0.717, 1.165) is 81.5 Å². The molecule has 20 N–H and O–H groups in total. The van der Waals surface area contributed by atoms with E-state index in [4.69, 9.17) is 43.2 Å². The van der Waals surface area contributed by atoms with Crippen molar-refractivity contribution in [3.05, 3.63) is 179 Å². The van der Waals surface area contributed by atoms with Gasteiger partial charge in [0.05, 0.1) is 110 Å². The Bertz CT molecular complexity index is 5290. The molecule has 0 atom stereocenters. The summed E-state index contributed by atoms with van der Waals surface area (Å²) >= 11 is 0. The number of rotatable bonds is 44. The van der Waals surface area contributed by atoms with Crippen molar-refractivity contribution < 1.29 is 118 Å². The summed E-state index contributed by atoms with van der Waals surface area (Å²) in [7, 11) is 1.54. The summed E-state index contributed by atoms with van der Waals surface area (Å²) in [5.74, 6) is -5.21. The van der Waals surface area contributed by atoms with Crippen molar-refractivity contribution in [1.82, 2.24) is 55.5 Å². The highest BCUT2D eigenvalue weighted by molar-refractivity contribution is 6.35. The minimum Gasteiger partial charge on any atom is -0.478 e. The number of carbonyl (C=O) groups is 13. The number of aromatic amines is 4. The van der Waals surface area contributed by atoms with Gasteiger partial charge in [0, 0.05) is 147 Å². The molecule has 0 radical (unpaired) electrons. The number of nitrogens with zero attached hydrogens (tertiary/aromatic N) is 4. The highest BCUT2D eigenvalue weighted by Gasteiger charge is 2.30. The molecular weight excluding hydrogens is 1780 g/mol. The second-order valence-electron chi connectivity index (χ2n) is 31.3. The van der Waals surface area contributed by atoms with E-state index < -0.39 is 41.5 Å². The molecule has 1 fully saturated rings. The number of hydrogen-bond acceptors (Lipinski definition) is 27. The van der Waals surface area contributed by atoms with Crippen LogP contribution < -0.4 is 49.1 Å².